The highest BCUT2D eigenvalue weighted by atomic mass is 32.2. The minimum atomic E-state index is -3.61. The molecular formula is C14H21N3O3S. The average molecular weight is 311 g/mol. The average Bonchev–Trinajstić information content (AvgIpc) is 2.89. The number of sulfonamides is 1. The smallest absolute Gasteiger partial charge is 0.249 e. The van der Waals surface area contributed by atoms with E-state index in [1.54, 1.807) is 13.0 Å². The van der Waals surface area contributed by atoms with Crippen molar-refractivity contribution in [3.05, 3.63) is 29.3 Å². The monoisotopic (exact) mass is 311 g/mol. The van der Waals surface area contributed by atoms with Gasteiger partial charge < -0.3 is 11.5 Å². The van der Waals surface area contributed by atoms with Crippen molar-refractivity contribution in [3.8, 4) is 0 Å². The van der Waals surface area contributed by atoms with Gasteiger partial charge in [0.15, 0.2) is 0 Å². The zero-order valence-corrected chi connectivity index (χ0v) is 13.1. The summed E-state index contributed by atoms with van der Waals surface area (Å²) in [5, 5.41) is 0. The molecule has 1 aliphatic heterocycles. The molecule has 6 nitrogen and oxygen atoms in total. The third kappa shape index (κ3) is 3.09. The Kier molecular flexibility index (Phi) is 4.36. The molecule has 2 unspecified atom stereocenters. The van der Waals surface area contributed by atoms with Gasteiger partial charge in [-0.2, -0.15) is 4.31 Å². The molecule has 1 heterocycles. The van der Waals surface area contributed by atoms with Crippen LogP contribution in [0.25, 0.3) is 0 Å². The normalized spacial score (nSPS) is 21.4. The topological polar surface area (TPSA) is 106 Å². The van der Waals surface area contributed by atoms with Crippen LogP contribution >= 0.6 is 0 Å². The number of amides is 1. The van der Waals surface area contributed by atoms with Gasteiger partial charge in [-0.3, -0.25) is 4.79 Å². The Balaban J connectivity index is 2.33. The van der Waals surface area contributed by atoms with Gasteiger partial charge in [-0.15, -0.1) is 0 Å². The Morgan fingerprint density at radius 2 is 2.10 bits per heavy atom. The highest BCUT2D eigenvalue weighted by Crippen LogP contribution is 2.26. The molecule has 1 aromatic carbocycles. The first-order valence-electron chi connectivity index (χ1n) is 6.89. The van der Waals surface area contributed by atoms with E-state index in [2.05, 4.69) is 0 Å². The summed E-state index contributed by atoms with van der Waals surface area (Å²) in [6.07, 6.45) is 0.755. The molecule has 116 valence electrons. The third-order valence-electron chi connectivity index (χ3n) is 4.04. The fourth-order valence-electron chi connectivity index (χ4n) is 2.58. The number of rotatable bonds is 4. The van der Waals surface area contributed by atoms with E-state index in [1.807, 2.05) is 6.92 Å². The molecule has 0 spiro atoms. The van der Waals surface area contributed by atoms with Crippen LogP contribution < -0.4 is 11.5 Å². The molecule has 4 N–H and O–H groups in total. The lowest BCUT2D eigenvalue weighted by Gasteiger charge is -2.18. The van der Waals surface area contributed by atoms with Gasteiger partial charge in [0.05, 0.1) is 4.90 Å². The molecule has 0 bridgehead atoms. The van der Waals surface area contributed by atoms with Gasteiger partial charge in [0, 0.05) is 24.7 Å². The largest absolute Gasteiger partial charge is 0.366 e. The number of benzene rings is 1. The molecule has 1 aromatic rings. The number of nitrogens with two attached hydrogens (primary N) is 2. The summed E-state index contributed by atoms with van der Waals surface area (Å²) in [5.41, 5.74) is 12.0. The van der Waals surface area contributed by atoms with Crippen LogP contribution in [0, 0.1) is 12.8 Å². The second-order valence-corrected chi connectivity index (χ2v) is 7.55. The summed E-state index contributed by atoms with van der Waals surface area (Å²) >= 11 is 0. The Morgan fingerprint density at radius 3 is 2.62 bits per heavy atom. The molecule has 0 aromatic heterocycles. The number of aryl methyl sites for hydroxylation is 1. The molecule has 1 aliphatic rings. The van der Waals surface area contributed by atoms with E-state index in [4.69, 9.17) is 11.5 Å². The van der Waals surface area contributed by atoms with Crippen LogP contribution in [0.15, 0.2) is 23.1 Å². The van der Waals surface area contributed by atoms with E-state index in [0.717, 1.165) is 6.42 Å². The quantitative estimate of drug-likeness (QED) is 0.842. The fourth-order valence-corrected chi connectivity index (χ4v) is 4.12. The van der Waals surface area contributed by atoms with Crippen molar-refractivity contribution in [2.75, 3.05) is 13.1 Å². The Morgan fingerprint density at radius 1 is 1.43 bits per heavy atom. The SMILES string of the molecule is Cc1ccc(S(=O)(=O)N2CCC(C(C)N)C2)cc1C(N)=O. The molecule has 1 fully saturated rings. The molecule has 7 heteroatoms. The van der Waals surface area contributed by atoms with E-state index in [9.17, 15) is 13.2 Å². The summed E-state index contributed by atoms with van der Waals surface area (Å²) in [4.78, 5) is 11.5. The highest BCUT2D eigenvalue weighted by Gasteiger charge is 2.34. The number of carbonyl (C=O) groups excluding carboxylic acids is 1. The van der Waals surface area contributed by atoms with Gasteiger partial charge in [-0.25, -0.2) is 8.42 Å². The predicted molar refractivity (Wildman–Crippen MR) is 80.2 cm³/mol. The first kappa shape index (κ1) is 15.9. The van der Waals surface area contributed by atoms with Crippen LogP contribution in [-0.2, 0) is 10.0 Å². The van der Waals surface area contributed by atoms with E-state index in [0.29, 0.717) is 18.7 Å². The Hall–Kier alpha value is -1.44. The van der Waals surface area contributed by atoms with Gasteiger partial charge in [0.25, 0.3) is 0 Å². The van der Waals surface area contributed by atoms with E-state index in [-0.39, 0.29) is 22.4 Å². The second kappa shape index (κ2) is 5.75. The lowest BCUT2D eigenvalue weighted by atomic mass is 10.0. The van der Waals surface area contributed by atoms with E-state index in [1.165, 1.54) is 16.4 Å². The molecule has 0 aliphatic carbocycles. The Bertz CT molecular complexity index is 655. The standard InChI is InChI=1S/C14H21N3O3S/c1-9-3-4-12(7-13(9)14(16)18)21(19,20)17-6-5-11(8-17)10(2)15/h3-4,7,10-11H,5-6,8,15H2,1-2H3,(H2,16,18). The van der Waals surface area contributed by atoms with Gasteiger partial charge in [-0.1, -0.05) is 6.07 Å². The van der Waals surface area contributed by atoms with Crippen molar-refractivity contribution in [3.63, 3.8) is 0 Å². The van der Waals surface area contributed by atoms with Crippen LogP contribution in [0.4, 0.5) is 0 Å². The maximum absolute atomic E-state index is 12.6. The molecule has 2 rings (SSSR count). The summed E-state index contributed by atoms with van der Waals surface area (Å²) < 4.78 is 26.7. The van der Waals surface area contributed by atoms with Gasteiger partial charge in [0.1, 0.15) is 0 Å². The second-order valence-electron chi connectivity index (χ2n) is 5.61. The van der Waals surface area contributed by atoms with E-state index < -0.39 is 15.9 Å². The fraction of sp³-hybridized carbons (Fsp3) is 0.500. The van der Waals surface area contributed by atoms with Crippen molar-refractivity contribution >= 4 is 15.9 Å². The van der Waals surface area contributed by atoms with Crippen molar-refractivity contribution in [2.24, 2.45) is 17.4 Å². The maximum Gasteiger partial charge on any atom is 0.249 e. The lowest BCUT2D eigenvalue weighted by Crippen LogP contribution is -2.33. The summed E-state index contributed by atoms with van der Waals surface area (Å²) in [7, 11) is -3.61. The van der Waals surface area contributed by atoms with Gasteiger partial charge >= 0.3 is 0 Å². The summed E-state index contributed by atoms with van der Waals surface area (Å²) in [5.74, 6) is -0.458. The van der Waals surface area contributed by atoms with Crippen LogP contribution in [0.1, 0.15) is 29.3 Å². The lowest BCUT2D eigenvalue weighted by molar-refractivity contribution is 0.0999. The van der Waals surface area contributed by atoms with Gasteiger partial charge in [-0.05, 0) is 43.9 Å². The molecule has 1 saturated heterocycles. The number of primary amides is 1. The number of hydrogen-bond donors (Lipinski definition) is 2. The minimum absolute atomic E-state index is 0.0376. The molecule has 0 saturated carbocycles. The first-order chi connectivity index (χ1) is 9.73. The Labute approximate surface area is 125 Å². The molecule has 0 radical (unpaired) electrons. The minimum Gasteiger partial charge on any atom is -0.366 e. The van der Waals surface area contributed by atoms with Crippen molar-refractivity contribution in [1.82, 2.24) is 4.31 Å². The maximum atomic E-state index is 12.6. The van der Waals surface area contributed by atoms with Gasteiger partial charge in [0.2, 0.25) is 15.9 Å². The zero-order valence-electron chi connectivity index (χ0n) is 12.2. The summed E-state index contributed by atoms with van der Waals surface area (Å²) in [6.45, 7) is 4.48. The van der Waals surface area contributed by atoms with Crippen LogP contribution in [0.2, 0.25) is 0 Å². The molecular weight excluding hydrogens is 290 g/mol. The number of nitrogens with zero attached hydrogens (tertiary/aromatic N) is 1. The molecule has 2 atom stereocenters. The van der Waals surface area contributed by atoms with Crippen molar-refractivity contribution in [2.45, 2.75) is 31.2 Å². The van der Waals surface area contributed by atoms with Crippen LogP contribution in [0.5, 0.6) is 0 Å². The summed E-state index contributed by atoms with van der Waals surface area (Å²) in [6, 6.07) is 4.43. The molecule has 21 heavy (non-hydrogen) atoms. The number of hydrogen-bond acceptors (Lipinski definition) is 4. The first-order valence-corrected chi connectivity index (χ1v) is 8.33. The molecule has 1 amide bonds. The van der Waals surface area contributed by atoms with Crippen LogP contribution in [-0.4, -0.2) is 37.8 Å². The van der Waals surface area contributed by atoms with E-state index >= 15 is 0 Å². The van der Waals surface area contributed by atoms with Crippen LogP contribution in [0.3, 0.4) is 0 Å². The number of carbonyl (C=O) groups is 1. The highest BCUT2D eigenvalue weighted by molar-refractivity contribution is 7.89. The zero-order chi connectivity index (χ0) is 15.8. The third-order valence-corrected chi connectivity index (χ3v) is 5.90. The van der Waals surface area contributed by atoms with Crippen molar-refractivity contribution in [1.29, 1.82) is 0 Å². The van der Waals surface area contributed by atoms with Crippen molar-refractivity contribution < 1.29 is 13.2 Å². The predicted octanol–water partition coefficient (Wildman–Crippen LogP) is 0.452.